The Morgan fingerprint density at radius 2 is 1.55 bits per heavy atom. The number of cyclic esters (lactones) is 1. The van der Waals surface area contributed by atoms with Crippen LogP contribution < -0.4 is 4.74 Å². The average Bonchev–Trinajstić information content (AvgIpc) is 3.15. The first-order valence-electron chi connectivity index (χ1n) is 11.2. The molecule has 1 heterocycles. The highest BCUT2D eigenvalue weighted by Crippen LogP contribution is 2.21. The molecule has 0 saturated carbocycles. The molecule has 2 aromatic rings. The number of ether oxygens (including phenoxy) is 2. The average molecular weight is 424 g/mol. The van der Waals surface area contributed by atoms with Gasteiger partial charge in [-0.1, -0.05) is 64.0 Å². The number of esters is 1. The van der Waals surface area contributed by atoms with Crippen molar-refractivity contribution in [1.82, 2.24) is 0 Å². The first-order chi connectivity index (χ1) is 15.2. The van der Waals surface area contributed by atoms with Gasteiger partial charge in [-0.2, -0.15) is 0 Å². The molecule has 31 heavy (non-hydrogen) atoms. The van der Waals surface area contributed by atoms with E-state index < -0.39 is 5.97 Å². The van der Waals surface area contributed by atoms with E-state index in [1.165, 1.54) is 57.1 Å². The maximum absolute atomic E-state index is 13.0. The molecule has 0 bridgehead atoms. The number of unbranched alkanes of at least 4 members (excludes halogenated alkanes) is 7. The molecular formula is C26H30FNO3. The summed E-state index contributed by atoms with van der Waals surface area (Å²) in [6, 6.07) is 13.2. The molecule has 1 aliphatic rings. The predicted octanol–water partition coefficient (Wildman–Crippen LogP) is 6.69. The Balaban J connectivity index is 1.45. The van der Waals surface area contributed by atoms with Gasteiger partial charge in [0.25, 0.3) is 0 Å². The summed E-state index contributed by atoms with van der Waals surface area (Å²) in [6.45, 7) is 2.94. The maximum Gasteiger partial charge on any atom is 0.363 e. The highest BCUT2D eigenvalue weighted by Gasteiger charge is 2.24. The van der Waals surface area contributed by atoms with Crippen LogP contribution in [0.4, 0.5) is 4.39 Å². The Hall–Kier alpha value is -2.95. The van der Waals surface area contributed by atoms with E-state index in [4.69, 9.17) is 9.47 Å². The molecule has 0 saturated heterocycles. The number of aliphatic imine (C=N–C) groups is 1. The number of carbonyl (C=O) groups excluding carboxylic acids is 1. The molecule has 2 aromatic carbocycles. The van der Waals surface area contributed by atoms with Crippen LogP contribution in [0.15, 0.2) is 59.2 Å². The Labute approximate surface area is 183 Å². The van der Waals surface area contributed by atoms with Crippen molar-refractivity contribution in [3.8, 4) is 5.75 Å². The van der Waals surface area contributed by atoms with Crippen molar-refractivity contribution < 1.29 is 18.7 Å². The molecule has 0 unspecified atom stereocenters. The molecule has 0 aliphatic carbocycles. The fourth-order valence-corrected chi connectivity index (χ4v) is 3.37. The normalized spacial score (nSPS) is 14.6. The number of rotatable bonds is 12. The minimum atomic E-state index is -0.519. The molecule has 0 spiro atoms. The van der Waals surface area contributed by atoms with Gasteiger partial charge in [0.05, 0.1) is 6.61 Å². The van der Waals surface area contributed by atoms with Crippen LogP contribution in [0.3, 0.4) is 0 Å². The van der Waals surface area contributed by atoms with E-state index in [1.54, 1.807) is 18.2 Å². The lowest BCUT2D eigenvalue weighted by Crippen LogP contribution is -2.05. The van der Waals surface area contributed by atoms with Crippen molar-refractivity contribution in [3.63, 3.8) is 0 Å². The fraction of sp³-hybridized carbons (Fsp3) is 0.385. The molecule has 0 N–H and O–H groups in total. The molecule has 164 valence electrons. The van der Waals surface area contributed by atoms with Gasteiger partial charge in [-0.3, -0.25) is 0 Å². The molecule has 0 amide bonds. The second-order valence-corrected chi connectivity index (χ2v) is 7.74. The monoisotopic (exact) mass is 423 g/mol. The third-order valence-electron chi connectivity index (χ3n) is 5.16. The molecule has 4 nitrogen and oxygen atoms in total. The third kappa shape index (κ3) is 7.35. The van der Waals surface area contributed by atoms with Gasteiger partial charge in [-0.25, -0.2) is 14.2 Å². The summed E-state index contributed by atoms with van der Waals surface area (Å²) in [5.74, 6) is 0.200. The van der Waals surface area contributed by atoms with Gasteiger partial charge in [-0.15, -0.1) is 0 Å². The van der Waals surface area contributed by atoms with E-state index in [-0.39, 0.29) is 17.4 Å². The second kappa shape index (κ2) is 12.0. The zero-order valence-corrected chi connectivity index (χ0v) is 18.1. The van der Waals surface area contributed by atoms with Crippen LogP contribution >= 0.6 is 0 Å². The first-order valence-corrected chi connectivity index (χ1v) is 11.2. The van der Waals surface area contributed by atoms with E-state index in [1.807, 2.05) is 24.3 Å². The first kappa shape index (κ1) is 22.7. The van der Waals surface area contributed by atoms with E-state index in [0.717, 1.165) is 12.2 Å². The number of hydrogen-bond acceptors (Lipinski definition) is 4. The van der Waals surface area contributed by atoms with Gasteiger partial charge in [0.2, 0.25) is 5.90 Å². The van der Waals surface area contributed by atoms with Crippen LogP contribution in [0.5, 0.6) is 5.75 Å². The zero-order valence-electron chi connectivity index (χ0n) is 18.1. The van der Waals surface area contributed by atoms with Gasteiger partial charge in [0.15, 0.2) is 5.70 Å². The smallest absolute Gasteiger partial charge is 0.363 e. The number of carbonyl (C=O) groups is 1. The van der Waals surface area contributed by atoms with Crippen molar-refractivity contribution in [3.05, 3.63) is 71.2 Å². The van der Waals surface area contributed by atoms with Crippen molar-refractivity contribution in [2.75, 3.05) is 6.61 Å². The Kier molecular flexibility index (Phi) is 8.83. The van der Waals surface area contributed by atoms with Gasteiger partial charge >= 0.3 is 5.97 Å². The number of nitrogens with zero attached hydrogens (tertiary/aromatic N) is 1. The Morgan fingerprint density at radius 3 is 2.23 bits per heavy atom. The Morgan fingerprint density at radius 1 is 0.903 bits per heavy atom. The highest BCUT2D eigenvalue weighted by atomic mass is 19.1. The number of halogens is 1. The minimum absolute atomic E-state index is 0.191. The SMILES string of the molecule is CCCCCCCCCCOc1ccc(C2=N/C(=C\c3ccc(F)cc3)C(=O)O2)cc1. The minimum Gasteiger partial charge on any atom is -0.494 e. The van der Waals surface area contributed by atoms with E-state index in [9.17, 15) is 9.18 Å². The van der Waals surface area contributed by atoms with E-state index in [2.05, 4.69) is 11.9 Å². The van der Waals surface area contributed by atoms with Crippen LogP contribution in [-0.2, 0) is 9.53 Å². The standard InChI is InChI=1S/C26H30FNO3/c1-2-3-4-5-6-7-8-9-18-30-23-16-12-21(13-17-23)25-28-24(26(29)31-25)19-20-10-14-22(27)15-11-20/h10-17,19H,2-9,18H2,1H3/b24-19-. The van der Waals surface area contributed by atoms with Gasteiger partial charge in [-0.05, 0) is 54.5 Å². The van der Waals surface area contributed by atoms with Crippen LogP contribution in [0.1, 0.15) is 69.4 Å². The van der Waals surface area contributed by atoms with Crippen LogP contribution in [-0.4, -0.2) is 18.5 Å². The van der Waals surface area contributed by atoms with Gasteiger partial charge < -0.3 is 9.47 Å². The van der Waals surface area contributed by atoms with Crippen LogP contribution in [0, 0.1) is 5.82 Å². The molecular weight excluding hydrogens is 393 g/mol. The van der Waals surface area contributed by atoms with Crippen LogP contribution in [0.25, 0.3) is 6.08 Å². The van der Waals surface area contributed by atoms with E-state index in [0.29, 0.717) is 17.7 Å². The van der Waals surface area contributed by atoms with Gasteiger partial charge in [0.1, 0.15) is 11.6 Å². The van der Waals surface area contributed by atoms with Crippen molar-refractivity contribution in [1.29, 1.82) is 0 Å². The molecule has 0 aromatic heterocycles. The highest BCUT2D eigenvalue weighted by molar-refractivity contribution is 6.12. The summed E-state index contributed by atoms with van der Waals surface area (Å²) in [6.07, 6.45) is 11.7. The summed E-state index contributed by atoms with van der Waals surface area (Å²) in [5, 5.41) is 0. The Bertz CT molecular complexity index is 901. The maximum atomic E-state index is 13.0. The number of benzene rings is 2. The predicted molar refractivity (Wildman–Crippen MR) is 122 cm³/mol. The molecule has 0 atom stereocenters. The molecule has 3 rings (SSSR count). The van der Waals surface area contributed by atoms with E-state index >= 15 is 0 Å². The zero-order chi connectivity index (χ0) is 21.9. The van der Waals surface area contributed by atoms with Crippen LogP contribution in [0.2, 0.25) is 0 Å². The van der Waals surface area contributed by atoms with Crippen molar-refractivity contribution in [2.45, 2.75) is 58.3 Å². The topological polar surface area (TPSA) is 47.9 Å². The summed E-state index contributed by atoms with van der Waals surface area (Å²) < 4.78 is 24.1. The van der Waals surface area contributed by atoms with Crippen molar-refractivity contribution >= 4 is 17.9 Å². The molecule has 0 fully saturated rings. The second-order valence-electron chi connectivity index (χ2n) is 7.74. The molecule has 5 heteroatoms. The largest absolute Gasteiger partial charge is 0.494 e. The van der Waals surface area contributed by atoms with Gasteiger partial charge in [0, 0.05) is 5.56 Å². The fourth-order valence-electron chi connectivity index (χ4n) is 3.37. The number of hydrogen-bond donors (Lipinski definition) is 0. The summed E-state index contributed by atoms with van der Waals surface area (Å²) in [7, 11) is 0. The molecule has 0 radical (unpaired) electrons. The summed E-state index contributed by atoms with van der Waals surface area (Å²) in [5.41, 5.74) is 1.58. The lowest BCUT2D eigenvalue weighted by atomic mass is 10.1. The summed E-state index contributed by atoms with van der Waals surface area (Å²) in [4.78, 5) is 16.4. The lowest BCUT2D eigenvalue weighted by molar-refractivity contribution is -0.129. The molecule has 1 aliphatic heterocycles. The van der Waals surface area contributed by atoms with Crippen molar-refractivity contribution in [2.24, 2.45) is 4.99 Å². The lowest BCUT2D eigenvalue weighted by Gasteiger charge is -2.07. The summed E-state index contributed by atoms with van der Waals surface area (Å²) >= 11 is 0. The third-order valence-corrected chi connectivity index (χ3v) is 5.16. The quantitative estimate of drug-likeness (QED) is 0.217.